The van der Waals surface area contributed by atoms with E-state index in [1.54, 1.807) is 13.2 Å². The number of hydrogen-bond donors (Lipinski definition) is 3. The van der Waals surface area contributed by atoms with Gasteiger partial charge in [0.1, 0.15) is 24.3 Å². The second-order valence-corrected chi connectivity index (χ2v) is 8.90. The summed E-state index contributed by atoms with van der Waals surface area (Å²) in [5.74, 6) is 1.46. The maximum absolute atomic E-state index is 13.5. The molecule has 174 valence electrons. The Kier molecular flexibility index (Phi) is 6.14. The van der Waals surface area contributed by atoms with Crippen molar-refractivity contribution in [3.05, 3.63) is 52.3 Å². The molecule has 1 fully saturated rings. The van der Waals surface area contributed by atoms with Crippen molar-refractivity contribution in [3.8, 4) is 22.8 Å². The summed E-state index contributed by atoms with van der Waals surface area (Å²) in [5.41, 5.74) is 4.52. The minimum Gasteiger partial charge on any atom is -0.493 e. The number of nitrogens with zero attached hydrogens (tertiary/aromatic N) is 2. The highest BCUT2D eigenvalue weighted by molar-refractivity contribution is 6.31. The minimum absolute atomic E-state index is 0.0536. The molecule has 1 atom stereocenters. The van der Waals surface area contributed by atoms with Crippen LogP contribution in [0.5, 0.6) is 11.5 Å². The molecule has 2 aliphatic rings. The quantitative estimate of drug-likeness (QED) is 0.353. The van der Waals surface area contributed by atoms with Crippen molar-refractivity contribution in [2.45, 2.75) is 25.4 Å². The van der Waals surface area contributed by atoms with Crippen LogP contribution in [0.3, 0.4) is 0 Å². The number of ether oxygens (including phenoxy) is 2. The smallest absolute Gasteiger partial charge is 0.161 e. The summed E-state index contributed by atoms with van der Waals surface area (Å²) < 4.78 is 25.0. The van der Waals surface area contributed by atoms with Crippen molar-refractivity contribution in [2.24, 2.45) is 0 Å². The van der Waals surface area contributed by atoms with Crippen molar-refractivity contribution < 1.29 is 19.0 Å². The van der Waals surface area contributed by atoms with Crippen molar-refractivity contribution in [2.75, 3.05) is 38.7 Å². The summed E-state index contributed by atoms with van der Waals surface area (Å²) in [7, 11) is 1.60. The van der Waals surface area contributed by atoms with E-state index in [-0.39, 0.29) is 11.6 Å². The summed E-state index contributed by atoms with van der Waals surface area (Å²) in [6, 6.07) is 8.36. The molecule has 0 spiro atoms. The number of halogens is 2. The molecule has 9 heteroatoms. The third-order valence-corrected chi connectivity index (χ3v) is 6.46. The van der Waals surface area contributed by atoms with Crippen LogP contribution in [0.25, 0.3) is 11.3 Å². The Hall–Kier alpha value is -2.81. The van der Waals surface area contributed by atoms with Crippen molar-refractivity contribution in [1.29, 1.82) is 0 Å². The van der Waals surface area contributed by atoms with Gasteiger partial charge in [0.2, 0.25) is 0 Å². The van der Waals surface area contributed by atoms with E-state index in [2.05, 4.69) is 20.4 Å². The lowest BCUT2D eigenvalue weighted by atomic mass is 10.1. The molecule has 1 aliphatic heterocycles. The topological polar surface area (TPSA) is 82.6 Å². The Balaban J connectivity index is 1.32. The third kappa shape index (κ3) is 4.51. The van der Waals surface area contributed by atoms with Gasteiger partial charge in [-0.15, -0.1) is 0 Å². The number of aliphatic hydroxyl groups excluding tert-OH is 1. The summed E-state index contributed by atoms with van der Waals surface area (Å²) >= 11 is 5.91. The van der Waals surface area contributed by atoms with Gasteiger partial charge in [0.05, 0.1) is 17.8 Å². The fourth-order valence-corrected chi connectivity index (χ4v) is 4.70. The number of aromatic nitrogens is 2. The van der Waals surface area contributed by atoms with Crippen LogP contribution in [0, 0.1) is 5.82 Å². The van der Waals surface area contributed by atoms with Crippen LogP contribution < -0.4 is 14.8 Å². The lowest BCUT2D eigenvalue weighted by molar-refractivity contribution is 0.0747. The van der Waals surface area contributed by atoms with Crippen LogP contribution in [-0.2, 0) is 6.42 Å². The molecule has 2 heterocycles. The molecule has 0 amide bonds. The first-order valence-corrected chi connectivity index (χ1v) is 11.4. The number of benzene rings is 2. The zero-order valence-corrected chi connectivity index (χ0v) is 19.1. The molecule has 0 radical (unpaired) electrons. The Morgan fingerprint density at radius 2 is 2.06 bits per heavy atom. The van der Waals surface area contributed by atoms with Gasteiger partial charge in [0, 0.05) is 29.8 Å². The van der Waals surface area contributed by atoms with Crippen LogP contribution in [0.15, 0.2) is 30.3 Å². The normalized spacial score (nSPS) is 15.9. The predicted octanol–water partition coefficient (Wildman–Crippen LogP) is 4.36. The highest BCUT2D eigenvalue weighted by Crippen LogP contribution is 2.44. The number of fused-ring (bicyclic) bond motifs is 3. The zero-order chi connectivity index (χ0) is 22.9. The van der Waals surface area contributed by atoms with E-state index in [0.717, 1.165) is 41.3 Å². The number of H-pyrrole nitrogens is 1. The van der Waals surface area contributed by atoms with E-state index < -0.39 is 11.9 Å². The van der Waals surface area contributed by atoms with Gasteiger partial charge >= 0.3 is 0 Å². The molecule has 1 unspecified atom stereocenters. The first-order valence-electron chi connectivity index (χ1n) is 11.1. The zero-order valence-electron chi connectivity index (χ0n) is 18.3. The van der Waals surface area contributed by atoms with Crippen LogP contribution in [0.4, 0.5) is 15.9 Å². The number of anilines is 2. The second kappa shape index (κ2) is 9.21. The molecular weight excluding hydrogens is 447 g/mol. The molecule has 0 bridgehead atoms. The summed E-state index contributed by atoms with van der Waals surface area (Å²) in [5, 5.41) is 21.2. The molecule has 1 aromatic heterocycles. The number of rotatable bonds is 8. The van der Waals surface area contributed by atoms with Gasteiger partial charge in [-0.2, -0.15) is 5.10 Å². The standard InChI is InChI=1S/C24H26ClFN4O3/c1-32-21-11-17-14(9-22(21)33-13-16(31)12-30-6-2-3-7-30)8-18-23(17)28-29-24(18)27-15-4-5-20(26)19(25)10-15/h4-5,9-11,16,31H,2-3,6-8,12-13H2,1H3,(H2,27,28,29). The molecule has 7 nitrogen and oxygen atoms in total. The number of hydrogen-bond acceptors (Lipinski definition) is 6. The van der Waals surface area contributed by atoms with E-state index in [1.807, 2.05) is 12.1 Å². The molecule has 5 rings (SSSR count). The number of methoxy groups -OCH3 is 1. The largest absolute Gasteiger partial charge is 0.493 e. The van der Waals surface area contributed by atoms with Gasteiger partial charge in [-0.3, -0.25) is 5.10 Å². The van der Waals surface area contributed by atoms with Gasteiger partial charge in [-0.05, 0) is 61.8 Å². The Labute approximate surface area is 196 Å². The molecule has 3 N–H and O–H groups in total. The fourth-order valence-electron chi connectivity index (χ4n) is 4.52. The number of nitrogens with one attached hydrogen (secondary N) is 2. The van der Waals surface area contributed by atoms with Crippen molar-refractivity contribution in [3.63, 3.8) is 0 Å². The third-order valence-electron chi connectivity index (χ3n) is 6.17. The van der Waals surface area contributed by atoms with E-state index in [1.165, 1.54) is 25.0 Å². The van der Waals surface area contributed by atoms with Crippen LogP contribution in [-0.4, -0.2) is 59.7 Å². The van der Waals surface area contributed by atoms with Crippen molar-refractivity contribution in [1.82, 2.24) is 15.1 Å². The Bertz CT molecular complexity index is 1160. The molecule has 2 aromatic carbocycles. The van der Waals surface area contributed by atoms with E-state index >= 15 is 0 Å². The van der Waals surface area contributed by atoms with E-state index in [9.17, 15) is 9.50 Å². The predicted molar refractivity (Wildman–Crippen MR) is 125 cm³/mol. The Morgan fingerprint density at radius 1 is 1.24 bits per heavy atom. The minimum atomic E-state index is -0.560. The molecule has 33 heavy (non-hydrogen) atoms. The maximum Gasteiger partial charge on any atom is 0.161 e. The van der Waals surface area contributed by atoms with Crippen LogP contribution in [0.2, 0.25) is 5.02 Å². The van der Waals surface area contributed by atoms with Crippen LogP contribution >= 0.6 is 11.6 Å². The van der Waals surface area contributed by atoms with Crippen LogP contribution in [0.1, 0.15) is 24.0 Å². The number of β-amino-alcohol motifs (C(OH)–C–C–N with tert-alkyl or cyclic N) is 1. The average Bonchev–Trinajstić information content (AvgIpc) is 3.52. The highest BCUT2D eigenvalue weighted by Gasteiger charge is 2.27. The lowest BCUT2D eigenvalue weighted by Gasteiger charge is -2.20. The van der Waals surface area contributed by atoms with Gasteiger partial charge in [0.15, 0.2) is 11.5 Å². The second-order valence-electron chi connectivity index (χ2n) is 8.49. The molecule has 3 aromatic rings. The van der Waals surface area contributed by atoms with E-state index in [4.69, 9.17) is 21.1 Å². The Morgan fingerprint density at radius 3 is 2.82 bits per heavy atom. The van der Waals surface area contributed by atoms with Crippen molar-refractivity contribution >= 4 is 23.1 Å². The molecule has 1 saturated heterocycles. The van der Waals surface area contributed by atoms with Gasteiger partial charge in [-0.25, -0.2) is 4.39 Å². The fraction of sp³-hybridized carbons (Fsp3) is 0.375. The molecule has 0 saturated carbocycles. The monoisotopic (exact) mass is 472 g/mol. The highest BCUT2D eigenvalue weighted by atomic mass is 35.5. The van der Waals surface area contributed by atoms with E-state index in [0.29, 0.717) is 30.2 Å². The summed E-state index contributed by atoms with van der Waals surface area (Å²) in [4.78, 5) is 2.26. The number of aliphatic hydroxyl groups is 1. The van der Waals surface area contributed by atoms with Gasteiger partial charge in [0.25, 0.3) is 0 Å². The summed E-state index contributed by atoms with van der Waals surface area (Å²) in [6.07, 6.45) is 2.46. The summed E-state index contributed by atoms with van der Waals surface area (Å²) in [6.45, 7) is 2.88. The molecule has 1 aliphatic carbocycles. The van der Waals surface area contributed by atoms with Gasteiger partial charge in [-0.1, -0.05) is 11.6 Å². The molecular formula is C24H26ClFN4O3. The number of aromatic amines is 1. The number of likely N-dealkylation sites (tertiary alicyclic amines) is 1. The maximum atomic E-state index is 13.5. The van der Waals surface area contributed by atoms with Gasteiger partial charge < -0.3 is 24.8 Å². The SMILES string of the molecule is COc1cc2c(cc1OCC(O)CN1CCCC1)Cc1c-2n[nH]c1Nc1ccc(F)c(Cl)c1. The lowest BCUT2D eigenvalue weighted by Crippen LogP contribution is -2.33. The first kappa shape index (κ1) is 22.0. The first-order chi connectivity index (χ1) is 16.0. The average molecular weight is 473 g/mol.